The molecular weight excluding hydrogens is 289 g/mol. The summed E-state index contributed by atoms with van der Waals surface area (Å²) in [4.78, 5) is 12.2. The molecule has 0 saturated carbocycles. The number of rotatable bonds is 9. The van der Waals surface area contributed by atoms with Crippen molar-refractivity contribution in [1.82, 2.24) is 4.98 Å². The molecule has 0 aliphatic rings. The van der Waals surface area contributed by atoms with Crippen LogP contribution in [0.25, 0.3) is 0 Å². The second-order valence-electron chi connectivity index (χ2n) is 5.68. The molecule has 0 bridgehead atoms. The van der Waals surface area contributed by atoms with Gasteiger partial charge in [-0.1, -0.05) is 18.9 Å². The SMILES string of the molecule is Cc1ccc(C=NCCCCCCN=Cc2ccc(C)[pH]2)[nH]1. The van der Waals surface area contributed by atoms with Gasteiger partial charge in [0, 0.05) is 36.5 Å². The molecule has 3 nitrogen and oxygen atoms in total. The highest BCUT2D eigenvalue weighted by molar-refractivity contribution is 7.33. The topological polar surface area (TPSA) is 40.5 Å². The van der Waals surface area contributed by atoms with Gasteiger partial charge in [0.15, 0.2) is 0 Å². The highest BCUT2D eigenvalue weighted by Crippen LogP contribution is 2.18. The number of aryl methyl sites for hydroxylation is 2. The van der Waals surface area contributed by atoms with Crippen LogP contribution in [0.15, 0.2) is 34.3 Å². The lowest BCUT2D eigenvalue weighted by Gasteiger charge is -1.97. The molecule has 0 radical (unpaired) electrons. The molecule has 0 saturated heterocycles. The molecule has 0 aromatic carbocycles. The van der Waals surface area contributed by atoms with Crippen molar-refractivity contribution in [2.45, 2.75) is 39.5 Å². The zero-order valence-corrected chi connectivity index (χ0v) is 14.6. The van der Waals surface area contributed by atoms with Gasteiger partial charge in [-0.2, -0.15) is 0 Å². The normalized spacial score (nSPS) is 12.3. The number of aromatic nitrogens is 1. The van der Waals surface area contributed by atoms with Gasteiger partial charge in [-0.05, 0) is 50.2 Å². The van der Waals surface area contributed by atoms with Gasteiger partial charge in [0.25, 0.3) is 0 Å². The average Bonchev–Trinajstić information content (AvgIpc) is 3.09. The first-order valence-electron chi connectivity index (χ1n) is 8.05. The van der Waals surface area contributed by atoms with E-state index in [9.17, 15) is 0 Å². The third kappa shape index (κ3) is 6.44. The van der Waals surface area contributed by atoms with Crippen LogP contribution in [0.4, 0.5) is 0 Å². The van der Waals surface area contributed by atoms with E-state index in [4.69, 9.17) is 0 Å². The van der Waals surface area contributed by atoms with Crippen LogP contribution in [0, 0.1) is 13.8 Å². The first-order chi connectivity index (χ1) is 10.7. The lowest BCUT2D eigenvalue weighted by Crippen LogP contribution is -1.88. The fourth-order valence-electron chi connectivity index (χ4n) is 2.29. The van der Waals surface area contributed by atoms with E-state index in [2.05, 4.69) is 53.1 Å². The predicted molar refractivity (Wildman–Crippen MR) is 99.6 cm³/mol. The van der Waals surface area contributed by atoms with Gasteiger partial charge in [0.2, 0.25) is 0 Å². The highest BCUT2D eigenvalue weighted by atomic mass is 31.0. The first-order valence-corrected chi connectivity index (χ1v) is 9.05. The maximum absolute atomic E-state index is 4.51. The summed E-state index contributed by atoms with van der Waals surface area (Å²) in [5.41, 5.74) is 2.28. The molecule has 1 atom stereocenters. The van der Waals surface area contributed by atoms with Crippen LogP contribution < -0.4 is 0 Å². The monoisotopic (exact) mass is 315 g/mol. The van der Waals surface area contributed by atoms with Crippen molar-refractivity contribution in [2.75, 3.05) is 13.1 Å². The lowest BCUT2D eigenvalue weighted by molar-refractivity contribution is 0.655. The maximum atomic E-state index is 4.51. The fourth-order valence-corrected chi connectivity index (χ4v) is 3.23. The van der Waals surface area contributed by atoms with Gasteiger partial charge in [-0.15, -0.1) is 8.19 Å². The van der Waals surface area contributed by atoms with E-state index < -0.39 is 0 Å². The Morgan fingerprint density at radius 3 is 2.23 bits per heavy atom. The smallest absolute Gasteiger partial charge is 0.0563 e. The van der Waals surface area contributed by atoms with Crippen LogP contribution in [0.2, 0.25) is 0 Å². The minimum absolute atomic E-state index is 0.829. The van der Waals surface area contributed by atoms with Crippen molar-refractivity contribution in [3.05, 3.63) is 46.2 Å². The van der Waals surface area contributed by atoms with Gasteiger partial charge in [-0.25, -0.2) is 0 Å². The van der Waals surface area contributed by atoms with E-state index in [1.165, 1.54) is 35.5 Å². The minimum Gasteiger partial charge on any atom is -0.358 e. The summed E-state index contributed by atoms with van der Waals surface area (Å²) in [6.07, 6.45) is 8.81. The maximum Gasteiger partial charge on any atom is 0.0563 e. The molecule has 0 amide bonds. The van der Waals surface area contributed by atoms with E-state index in [-0.39, 0.29) is 0 Å². The summed E-state index contributed by atoms with van der Waals surface area (Å²) in [5, 5.41) is 2.82. The van der Waals surface area contributed by atoms with E-state index in [1.54, 1.807) is 0 Å². The van der Waals surface area contributed by atoms with Crippen molar-refractivity contribution in [3.8, 4) is 0 Å². The van der Waals surface area contributed by atoms with Crippen LogP contribution in [0.5, 0.6) is 0 Å². The third-order valence-electron chi connectivity index (χ3n) is 3.49. The second-order valence-corrected chi connectivity index (χ2v) is 7.29. The summed E-state index contributed by atoms with van der Waals surface area (Å²) < 4.78 is 0. The summed E-state index contributed by atoms with van der Waals surface area (Å²) >= 11 is 0. The molecule has 22 heavy (non-hydrogen) atoms. The number of hydrogen-bond acceptors (Lipinski definition) is 2. The highest BCUT2D eigenvalue weighted by Gasteiger charge is 1.92. The Hall–Kier alpha value is -1.60. The first kappa shape index (κ1) is 16.8. The zero-order valence-electron chi connectivity index (χ0n) is 13.6. The fraction of sp³-hybridized carbons (Fsp3) is 0.444. The largest absolute Gasteiger partial charge is 0.358 e. The molecule has 2 rings (SSSR count). The molecule has 0 aliphatic carbocycles. The Morgan fingerprint density at radius 2 is 1.64 bits per heavy atom. The van der Waals surface area contributed by atoms with Crippen molar-refractivity contribution < 1.29 is 0 Å². The Kier molecular flexibility index (Phi) is 7.18. The van der Waals surface area contributed by atoms with Crippen molar-refractivity contribution in [3.63, 3.8) is 0 Å². The molecule has 118 valence electrons. The molecule has 0 spiro atoms. The Labute approximate surface area is 135 Å². The van der Waals surface area contributed by atoms with E-state index >= 15 is 0 Å². The second kappa shape index (κ2) is 9.42. The molecule has 2 aromatic rings. The molecular formula is C18H26N3P. The van der Waals surface area contributed by atoms with Crippen molar-refractivity contribution >= 4 is 20.6 Å². The number of aromatic amines is 1. The number of nitrogens with zero attached hydrogens (tertiary/aromatic N) is 2. The van der Waals surface area contributed by atoms with Crippen molar-refractivity contribution in [2.24, 2.45) is 9.98 Å². The number of nitrogens with one attached hydrogen (secondary N) is 1. The van der Waals surface area contributed by atoms with E-state index in [0.717, 1.165) is 33.4 Å². The van der Waals surface area contributed by atoms with Gasteiger partial charge in [-0.3, -0.25) is 9.98 Å². The molecule has 1 N–H and O–H groups in total. The zero-order chi connectivity index (χ0) is 15.6. The lowest BCUT2D eigenvalue weighted by atomic mass is 10.2. The van der Waals surface area contributed by atoms with Crippen LogP contribution in [0.1, 0.15) is 47.7 Å². The molecule has 1 unspecified atom stereocenters. The molecule has 2 heterocycles. The molecule has 4 heteroatoms. The predicted octanol–water partition coefficient (Wildman–Crippen LogP) is 4.76. The van der Waals surface area contributed by atoms with Gasteiger partial charge in [0.05, 0.1) is 5.69 Å². The average molecular weight is 315 g/mol. The van der Waals surface area contributed by atoms with Gasteiger partial charge >= 0.3 is 0 Å². The molecule has 2 aromatic heterocycles. The standard InChI is InChI=1S/C18H26N3P/c1-15-7-9-17(21-15)13-19-11-5-3-4-6-12-20-14-18-10-8-16(2)22-18/h7-10,13-14,21-22H,3-6,11-12H2,1-2H3. The van der Waals surface area contributed by atoms with E-state index in [0.29, 0.717) is 0 Å². The quantitative estimate of drug-likeness (QED) is 0.512. The Balaban J connectivity index is 1.47. The Morgan fingerprint density at radius 1 is 0.909 bits per heavy atom. The molecule has 0 fully saturated rings. The van der Waals surface area contributed by atoms with E-state index in [1.807, 2.05) is 12.4 Å². The van der Waals surface area contributed by atoms with Crippen LogP contribution >= 0.6 is 8.19 Å². The summed E-state index contributed by atoms with van der Waals surface area (Å²) in [7, 11) is 0.829. The minimum atomic E-state index is 0.829. The summed E-state index contributed by atoms with van der Waals surface area (Å²) in [6.45, 7) is 6.10. The van der Waals surface area contributed by atoms with Crippen molar-refractivity contribution in [1.29, 1.82) is 0 Å². The molecule has 0 aliphatic heterocycles. The summed E-state index contributed by atoms with van der Waals surface area (Å²) in [6, 6.07) is 8.51. The van der Waals surface area contributed by atoms with Crippen LogP contribution in [-0.4, -0.2) is 30.5 Å². The number of H-pyrrole nitrogens is 1. The number of aliphatic imine (C=N–C) groups is 2. The van der Waals surface area contributed by atoms with Gasteiger partial charge in [0.1, 0.15) is 0 Å². The summed E-state index contributed by atoms with van der Waals surface area (Å²) in [5.74, 6) is 0. The Bertz CT molecular complexity index is 553. The number of unbranched alkanes of at least 4 members (excludes halogenated alkanes) is 3. The van der Waals surface area contributed by atoms with Crippen LogP contribution in [0.3, 0.4) is 0 Å². The third-order valence-corrected chi connectivity index (χ3v) is 4.64. The van der Waals surface area contributed by atoms with Gasteiger partial charge < -0.3 is 4.98 Å². The number of hydrogen-bond donors (Lipinski definition) is 1. The van der Waals surface area contributed by atoms with Crippen LogP contribution in [-0.2, 0) is 0 Å².